The largest absolute Gasteiger partial charge is 0.309 e. The van der Waals surface area contributed by atoms with Crippen LogP contribution in [0.3, 0.4) is 0 Å². The van der Waals surface area contributed by atoms with E-state index in [1.165, 1.54) is 6.07 Å². The molecule has 0 atom stereocenters. The minimum atomic E-state index is -0.900. The Morgan fingerprint density at radius 1 is 0.939 bits per heavy atom. The second-order valence-corrected chi connectivity index (χ2v) is 8.49. The third-order valence-electron chi connectivity index (χ3n) is 4.95. The van der Waals surface area contributed by atoms with Crippen LogP contribution in [0.5, 0.6) is 0 Å². The number of aromatic nitrogens is 4. The normalized spacial score (nSPS) is 11.4. The summed E-state index contributed by atoms with van der Waals surface area (Å²) in [6.45, 7) is 0. The first-order chi connectivity index (χ1) is 15.9. The predicted octanol–water partition coefficient (Wildman–Crippen LogP) is 4.85. The van der Waals surface area contributed by atoms with Crippen LogP contribution in [-0.2, 0) is 5.75 Å². The number of hydrogen-bond donors (Lipinski definition) is 1. The van der Waals surface area contributed by atoms with E-state index < -0.39 is 17.2 Å². The summed E-state index contributed by atoms with van der Waals surface area (Å²) in [5, 5.41) is 1.29. The van der Waals surface area contributed by atoms with Crippen molar-refractivity contribution < 1.29 is 8.78 Å². The molecule has 2 heterocycles. The monoisotopic (exact) mass is 482 g/mol. The number of rotatable bonds is 4. The van der Waals surface area contributed by atoms with E-state index in [0.717, 1.165) is 22.4 Å². The zero-order chi connectivity index (χ0) is 23.1. The first-order valence-corrected chi connectivity index (χ1v) is 11.1. The second kappa shape index (κ2) is 8.42. The number of fused-ring (bicyclic) bond motifs is 2. The summed E-state index contributed by atoms with van der Waals surface area (Å²) in [6, 6.07) is 14.4. The van der Waals surface area contributed by atoms with Gasteiger partial charge in [0, 0.05) is 11.1 Å². The number of benzene rings is 3. The van der Waals surface area contributed by atoms with Crippen LogP contribution in [0.4, 0.5) is 8.78 Å². The molecule has 33 heavy (non-hydrogen) atoms. The number of nitrogens with one attached hydrogen (secondary N) is 1. The molecule has 164 valence electrons. The van der Waals surface area contributed by atoms with Gasteiger partial charge in [-0.1, -0.05) is 35.5 Å². The van der Waals surface area contributed by atoms with Gasteiger partial charge in [0.15, 0.2) is 5.16 Å². The van der Waals surface area contributed by atoms with E-state index in [1.54, 1.807) is 42.5 Å². The molecule has 5 rings (SSSR count). The van der Waals surface area contributed by atoms with E-state index in [-0.39, 0.29) is 27.5 Å². The minimum absolute atomic E-state index is 0.130. The van der Waals surface area contributed by atoms with Crippen LogP contribution in [0.15, 0.2) is 75.4 Å². The molecule has 0 radical (unpaired) electrons. The molecule has 10 heteroatoms. The third kappa shape index (κ3) is 4.01. The summed E-state index contributed by atoms with van der Waals surface area (Å²) in [6.07, 6.45) is 0. The van der Waals surface area contributed by atoms with Gasteiger partial charge in [-0.2, -0.15) is 0 Å². The van der Waals surface area contributed by atoms with Crippen LogP contribution in [-0.4, -0.2) is 19.5 Å². The van der Waals surface area contributed by atoms with Gasteiger partial charge >= 0.3 is 0 Å². The Kier molecular flexibility index (Phi) is 5.43. The molecule has 0 fully saturated rings. The molecular weight excluding hydrogens is 470 g/mol. The fourth-order valence-corrected chi connectivity index (χ4v) is 4.49. The topological polar surface area (TPSA) is 80.6 Å². The average Bonchev–Trinajstić information content (AvgIpc) is 2.78. The Balaban J connectivity index is 1.63. The lowest BCUT2D eigenvalue weighted by molar-refractivity contribution is 0.572. The van der Waals surface area contributed by atoms with Gasteiger partial charge in [0.05, 0.1) is 33.2 Å². The molecule has 0 spiro atoms. The summed E-state index contributed by atoms with van der Waals surface area (Å²) in [5.41, 5.74) is -0.110. The second-order valence-electron chi connectivity index (χ2n) is 7.11. The molecule has 0 unspecified atom stereocenters. The molecule has 3 aromatic carbocycles. The Hall–Kier alpha value is -3.56. The highest BCUT2D eigenvalue weighted by Crippen LogP contribution is 2.25. The molecule has 6 nitrogen and oxygen atoms in total. The molecule has 1 N–H and O–H groups in total. The quantitative estimate of drug-likeness (QED) is 0.293. The van der Waals surface area contributed by atoms with Gasteiger partial charge in [-0.3, -0.25) is 14.2 Å². The third-order valence-corrected chi connectivity index (χ3v) is 6.14. The van der Waals surface area contributed by atoms with E-state index in [4.69, 9.17) is 11.6 Å². The standard InChI is InChI=1S/C23H13ClF2N4O2S/c24-12-5-7-14-18(9-12)27-20(29-21(14)31)11-33-23-28-17-4-2-1-3-15(17)22(32)30(23)19-8-6-13(25)10-16(19)26/h1-10H,11H2,(H,27,29,31). The number of nitrogens with zero attached hydrogens (tertiary/aromatic N) is 3. The fourth-order valence-electron chi connectivity index (χ4n) is 3.45. The minimum Gasteiger partial charge on any atom is -0.309 e. The zero-order valence-electron chi connectivity index (χ0n) is 16.7. The van der Waals surface area contributed by atoms with Crippen molar-refractivity contribution >= 4 is 45.2 Å². The van der Waals surface area contributed by atoms with Gasteiger partial charge in [-0.05, 0) is 42.5 Å². The predicted molar refractivity (Wildman–Crippen MR) is 124 cm³/mol. The van der Waals surface area contributed by atoms with Crippen LogP contribution in [0.25, 0.3) is 27.5 Å². The first-order valence-electron chi connectivity index (χ1n) is 9.69. The van der Waals surface area contributed by atoms with Crippen molar-refractivity contribution in [3.05, 3.63) is 104 Å². The summed E-state index contributed by atoms with van der Waals surface area (Å²) in [5.74, 6) is -1.20. The highest BCUT2D eigenvalue weighted by atomic mass is 35.5. The Morgan fingerprint density at radius 2 is 1.76 bits per heavy atom. The van der Waals surface area contributed by atoms with Gasteiger partial charge in [-0.25, -0.2) is 18.7 Å². The van der Waals surface area contributed by atoms with Crippen LogP contribution in [0.2, 0.25) is 5.02 Å². The Labute approximate surface area is 193 Å². The van der Waals surface area contributed by atoms with E-state index in [2.05, 4.69) is 15.0 Å². The number of aromatic amines is 1. The molecular formula is C23H13ClF2N4O2S. The smallest absolute Gasteiger partial charge is 0.266 e. The highest BCUT2D eigenvalue weighted by molar-refractivity contribution is 7.98. The summed E-state index contributed by atoms with van der Waals surface area (Å²) < 4.78 is 29.2. The fraction of sp³-hybridized carbons (Fsp3) is 0.0435. The molecule has 0 aliphatic rings. The molecule has 2 aromatic heterocycles. The average molecular weight is 483 g/mol. The molecule has 0 aliphatic carbocycles. The molecule has 0 bridgehead atoms. The number of H-pyrrole nitrogens is 1. The van der Waals surface area contributed by atoms with Crippen molar-refractivity contribution in [2.24, 2.45) is 0 Å². The lowest BCUT2D eigenvalue weighted by atomic mass is 10.2. The lowest BCUT2D eigenvalue weighted by Crippen LogP contribution is -2.23. The van der Waals surface area contributed by atoms with Gasteiger partial charge in [-0.15, -0.1) is 0 Å². The number of hydrogen-bond acceptors (Lipinski definition) is 5. The van der Waals surface area contributed by atoms with Gasteiger partial charge in [0.1, 0.15) is 17.5 Å². The molecule has 5 aromatic rings. The van der Waals surface area contributed by atoms with Crippen molar-refractivity contribution in [1.29, 1.82) is 0 Å². The van der Waals surface area contributed by atoms with E-state index in [0.29, 0.717) is 33.3 Å². The van der Waals surface area contributed by atoms with E-state index in [9.17, 15) is 18.4 Å². The van der Waals surface area contributed by atoms with Crippen molar-refractivity contribution in [2.75, 3.05) is 0 Å². The van der Waals surface area contributed by atoms with E-state index in [1.807, 2.05) is 0 Å². The molecule has 0 saturated heterocycles. The Morgan fingerprint density at radius 3 is 2.58 bits per heavy atom. The molecule has 0 saturated carbocycles. The lowest BCUT2D eigenvalue weighted by Gasteiger charge is -2.14. The summed E-state index contributed by atoms with van der Waals surface area (Å²) in [4.78, 5) is 37.3. The SMILES string of the molecule is O=c1[nH]c(CSc2nc3ccccc3c(=O)n2-c2ccc(F)cc2F)nc2cc(Cl)ccc12. The van der Waals surface area contributed by atoms with Crippen molar-refractivity contribution in [3.63, 3.8) is 0 Å². The maximum atomic E-state index is 14.6. The highest BCUT2D eigenvalue weighted by Gasteiger charge is 2.17. The maximum Gasteiger partial charge on any atom is 0.266 e. The number of halogens is 3. The number of para-hydroxylation sites is 1. The van der Waals surface area contributed by atoms with Gasteiger partial charge < -0.3 is 4.98 Å². The van der Waals surface area contributed by atoms with Gasteiger partial charge in [0.2, 0.25) is 0 Å². The van der Waals surface area contributed by atoms with Gasteiger partial charge in [0.25, 0.3) is 11.1 Å². The molecule has 0 amide bonds. The van der Waals surface area contributed by atoms with Crippen molar-refractivity contribution in [2.45, 2.75) is 10.9 Å². The van der Waals surface area contributed by atoms with Crippen molar-refractivity contribution in [3.8, 4) is 5.69 Å². The maximum absolute atomic E-state index is 14.6. The molecule has 0 aliphatic heterocycles. The van der Waals surface area contributed by atoms with Crippen molar-refractivity contribution in [1.82, 2.24) is 19.5 Å². The van der Waals surface area contributed by atoms with Crippen LogP contribution < -0.4 is 11.1 Å². The zero-order valence-corrected chi connectivity index (χ0v) is 18.3. The summed E-state index contributed by atoms with van der Waals surface area (Å²) >= 11 is 7.10. The van der Waals surface area contributed by atoms with Crippen LogP contribution in [0.1, 0.15) is 5.82 Å². The number of thioether (sulfide) groups is 1. The summed E-state index contributed by atoms with van der Waals surface area (Å²) in [7, 11) is 0. The van der Waals surface area contributed by atoms with Crippen LogP contribution in [0, 0.1) is 11.6 Å². The Bertz CT molecular complexity index is 1670. The van der Waals surface area contributed by atoms with E-state index >= 15 is 0 Å². The first kappa shape index (κ1) is 21.3. The van der Waals surface area contributed by atoms with Crippen LogP contribution >= 0.6 is 23.4 Å².